The summed E-state index contributed by atoms with van der Waals surface area (Å²) in [6.07, 6.45) is -3.44. The van der Waals surface area contributed by atoms with Crippen molar-refractivity contribution in [3.63, 3.8) is 0 Å². The molecule has 0 aliphatic heterocycles. The lowest BCUT2D eigenvalue weighted by molar-refractivity contribution is 0.0798. The number of aliphatic hydroxyl groups is 1. The molecule has 0 heterocycles. The molecule has 1 aromatic carbocycles. The van der Waals surface area contributed by atoms with Crippen LogP contribution in [0.2, 0.25) is 0 Å². The number of ether oxygens (including phenoxy) is 1. The summed E-state index contributed by atoms with van der Waals surface area (Å²) in [6, 6.07) is 3.71. The number of rotatable bonds is 4. The van der Waals surface area contributed by atoms with Gasteiger partial charge in [0.05, 0.1) is 6.10 Å². The average Bonchev–Trinajstić information content (AvgIpc) is 2.15. The lowest BCUT2D eigenvalue weighted by Gasteiger charge is -2.09. The average molecular weight is 220 g/mol. The maximum Gasteiger partial charge on any atom is 0.272 e. The summed E-state index contributed by atoms with van der Waals surface area (Å²) >= 11 is 0. The van der Waals surface area contributed by atoms with Gasteiger partial charge in [0.15, 0.2) is 11.6 Å². The molecular formula is C10H11F3O2. The first-order valence-electron chi connectivity index (χ1n) is 4.39. The molecule has 0 aliphatic carbocycles. The quantitative estimate of drug-likeness (QED) is 0.844. The van der Waals surface area contributed by atoms with Crippen LogP contribution in [0.4, 0.5) is 13.2 Å². The first kappa shape index (κ1) is 11.8. The van der Waals surface area contributed by atoms with Crippen LogP contribution in [-0.4, -0.2) is 18.1 Å². The molecule has 0 fully saturated rings. The molecule has 0 aromatic heterocycles. The first-order valence-corrected chi connectivity index (χ1v) is 4.39. The topological polar surface area (TPSA) is 29.5 Å². The molecule has 0 amide bonds. The Balaban J connectivity index is 2.75. The lowest BCUT2D eigenvalue weighted by atomic mass is 10.1. The standard InChI is InChI=1S/C10H11F3O2/c1-6(14)7-2-3-9(8(11)4-7)15-5-10(12)13/h2-4,6,10,14H,5H2,1H3/t6-/m1/s1. The molecular weight excluding hydrogens is 209 g/mol. The maximum atomic E-state index is 13.2. The number of halogens is 3. The highest BCUT2D eigenvalue weighted by atomic mass is 19.3. The zero-order chi connectivity index (χ0) is 11.4. The third-order valence-corrected chi connectivity index (χ3v) is 1.80. The van der Waals surface area contributed by atoms with Crippen molar-refractivity contribution in [1.29, 1.82) is 0 Å². The van der Waals surface area contributed by atoms with Crippen LogP contribution in [0.15, 0.2) is 18.2 Å². The van der Waals surface area contributed by atoms with Crippen molar-refractivity contribution in [2.75, 3.05) is 6.61 Å². The Bertz CT molecular complexity index is 326. The SMILES string of the molecule is C[C@@H](O)c1ccc(OCC(F)F)c(F)c1. The van der Waals surface area contributed by atoms with E-state index in [1.54, 1.807) is 0 Å². The van der Waals surface area contributed by atoms with Crippen molar-refractivity contribution >= 4 is 0 Å². The second kappa shape index (κ2) is 5.02. The van der Waals surface area contributed by atoms with Crippen LogP contribution in [0, 0.1) is 5.82 Å². The van der Waals surface area contributed by atoms with E-state index in [4.69, 9.17) is 5.11 Å². The van der Waals surface area contributed by atoms with Gasteiger partial charge < -0.3 is 9.84 Å². The molecule has 0 unspecified atom stereocenters. The van der Waals surface area contributed by atoms with E-state index in [0.29, 0.717) is 5.56 Å². The van der Waals surface area contributed by atoms with Crippen LogP contribution >= 0.6 is 0 Å². The van der Waals surface area contributed by atoms with Gasteiger partial charge in [-0.25, -0.2) is 13.2 Å². The lowest BCUT2D eigenvalue weighted by Crippen LogP contribution is -2.08. The Morgan fingerprint density at radius 3 is 2.53 bits per heavy atom. The van der Waals surface area contributed by atoms with E-state index < -0.39 is 25.0 Å². The minimum atomic E-state index is -2.64. The molecule has 0 bridgehead atoms. The van der Waals surface area contributed by atoms with Crippen molar-refractivity contribution in [2.24, 2.45) is 0 Å². The molecule has 0 saturated heterocycles. The van der Waals surface area contributed by atoms with Crippen molar-refractivity contribution in [1.82, 2.24) is 0 Å². The highest BCUT2D eigenvalue weighted by Gasteiger charge is 2.10. The van der Waals surface area contributed by atoms with Crippen LogP contribution in [-0.2, 0) is 0 Å². The summed E-state index contributed by atoms with van der Waals surface area (Å²) in [5, 5.41) is 9.13. The highest BCUT2D eigenvalue weighted by Crippen LogP contribution is 2.22. The van der Waals surface area contributed by atoms with Crippen LogP contribution in [0.1, 0.15) is 18.6 Å². The summed E-state index contributed by atoms with van der Waals surface area (Å²) in [5.41, 5.74) is 0.372. The predicted molar refractivity (Wildman–Crippen MR) is 48.5 cm³/mol. The minimum Gasteiger partial charge on any atom is -0.485 e. The molecule has 0 saturated carbocycles. The highest BCUT2D eigenvalue weighted by molar-refractivity contribution is 5.30. The maximum absolute atomic E-state index is 13.2. The fourth-order valence-corrected chi connectivity index (χ4v) is 1.05. The van der Waals surface area contributed by atoms with Gasteiger partial charge in [-0.2, -0.15) is 0 Å². The minimum absolute atomic E-state index is 0.236. The molecule has 2 nitrogen and oxygen atoms in total. The fraction of sp³-hybridized carbons (Fsp3) is 0.400. The van der Waals surface area contributed by atoms with Gasteiger partial charge in [-0.05, 0) is 24.6 Å². The van der Waals surface area contributed by atoms with Gasteiger partial charge in [-0.15, -0.1) is 0 Å². The van der Waals surface area contributed by atoms with E-state index in [9.17, 15) is 13.2 Å². The molecule has 0 aliphatic rings. The van der Waals surface area contributed by atoms with Gasteiger partial charge in [0.2, 0.25) is 0 Å². The van der Waals surface area contributed by atoms with Crippen molar-refractivity contribution < 1.29 is 23.0 Å². The van der Waals surface area contributed by atoms with Crippen LogP contribution in [0.3, 0.4) is 0 Å². The molecule has 1 aromatic rings. The molecule has 1 N–H and O–H groups in total. The number of alkyl halides is 2. The van der Waals surface area contributed by atoms with E-state index in [-0.39, 0.29) is 5.75 Å². The van der Waals surface area contributed by atoms with E-state index in [1.807, 2.05) is 0 Å². The molecule has 1 rings (SSSR count). The molecule has 0 radical (unpaired) electrons. The van der Waals surface area contributed by atoms with Gasteiger partial charge in [-0.3, -0.25) is 0 Å². The Kier molecular flexibility index (Phi) is 3.96. The molecule has 1 atom stereocenters. The summed E-state index contributed by atoms with van der Waals surface area (Å²) in [4.78, 5) is 0. The van der Waals surface area contributed by atoms with Gasteiger partial charge in [0, 0.05) is 0 Å². The molecule has 5 heteroatoms. The van der Waals surface area contributed by atoms with Crippen LogP contribution in [0.5, 0.6) is 5.75 Å². The number of hydrogen-bond acceptors (Lipinski definition) is 2. The van der Waals surface area contributed by atoms with Gasteiger partial charge >= 0.3 is 0 Å². The normalized spacial score (nSPS) is 12.9. The summed E-state index contributed by atoms with van der Waals surface area (Å²) in [5.74, 6) is -0.992. The van der Waals surface area contributed by atoms with Crippen LogP contribution in [0.25, 0.3) is 0 Å². The van der Waals surface area contributed by atoms with Crippen molar-refractivity contribution in [2.45, 2.75) is 19.5 Å². The van der Waals surface area contributed by atoms with Gasteiger partial charge in [0.1, 0.15) is 6.61 Å². The fourth-order valence-electron chi connectivity index (χ4n) is 1.05. The first-order chi connectivity index (χ1) is 7.00. The van der Waals surface area contributed by atoms with E-state index >= 15 is 0 Å². The van der Waals surface area contributed by atoms with Gasteiger partial charge in [0.25, 0.3) is 6.43 Å². The van der Waals surface area contributed by atoms with Crippen molar-refractivity contribution in [3.8, 4) is 5.75 Å². The second-order valence-corrected chi connectivity index (χ2v) is 3.07. The molecule has 84 valence electrons. The Labute approximate surface area is 85.3 Å². The molecule has 15 heavy (non-hydrogen) atoms. The second-order valence-electron chi connectivity index (χ2n) is 3.07. The third-order valence-electron chi connectivity index (χ3n) is 1.80. The Morgan fingerprint density at radius 2 is 2.07 bits per heavy atom. The van der Waals surface area contributed by atoms with Gasteiger partial charge in [-0.1, -0.05) is 6.07 Å². The number of hydrogen-bond donors (Lipinski definition) is 1. The largest absolute Gasteiger partial charge is 0.485 e. The van der Waals surface area contributed by atoms with E-state index in [1.165, 1.54) is 19.1 Å². The Hall–Kier alpha value is -1.23. The zero-order valence-corrected chi connectivity index (χ0v) is 8.08. The molecule has 0 spiro atoms. The zero-order valence-electron chi connectivity index (χ0n) is 8.08. The third kappa shape index (κ3) is 3.43. The van der Waals surface area contributed by atoms with E-state index in [2.05, 4.69) is 4.74 Å². The smallest absolute Gasteiger partial charge is 0.272 e. The van der Waals surface area contributed by atoms with Crippen molar-refractivity contribution in [3.05, 3.63) is 29.6 Å². The number of aliphatic hydroxyl groups excluding tert-OH is 1. The predicted octanol–water partition coefficient (Wildman–Crippen LogP) is 2.52. The number of benzene rings is 1. The summed E-state index contributed by atoms with van der Waals surface area (Å²) in [6.45, 7) is 0.638. The summed E-state index contributed by atoms with van der Waals surface area (Å²) in [7, 11) is 0. The summed E-state index contributed by atoms with van der Waals surface area (Å²) < 4.78 is 41.3. The van der Waals surface area contributed by atoms with Crippen LogP contribution < -0.4 is 4.74 Å². The van der Waals surface area contributed by atoms with E-state index in [0.717, 1.165) is 6.07 Å². The monoisotopic (exact) mass is 220 g/mol. The Morgan fingerprint density at radius 1 is 1.40 bits per heavy atom.